The van der Waals surface area contributed by atoms with Crippen LogP contribution in [0.5, 0.6) is 0 Å². The summed E-state index contributed by atoms with van der Waals surface area (Å²) in [5, 5.41) is 13.4. The van der Waals surface area contributed by atoms with Gasteiger partial charge in [0, 0.05) is 13.3 Å². The lowest BCUT2D eigenvalue weighted by molar-refractivity contribution is 0.162. The normalized spacial score (nSPS) is 12.5. The van der Waals surface area contributed by atoms with Crippen LogP contribution >= 0.6 is 0 Å². The van der Waals surface area contributed by atoms with Gasteiger partial charge in [0.15, 0.2) is 11.5 Å². The first-order valence-corrected chi connectivity index (χ1v) is 7.96. The summed E-state index contributed by atoms with van der Waals surface area (Å²) in [4.78, 5) is 24.0. The Morgan fingerprint density at radius 1 is 1.42 bits per heavy atom. The molecule has 26 heavy (non-hydrogen) atoms. The molecule has 0 saturated carbocycles. The number of pyridine rings is 1. The van der Waals surface area contributed by atoms with Crippen molar-refractivity contribution in [1.82, 2.24) is 29.1 Å². The molecule has 1 N–H and O–H groups in total. The molecule has 4 aromatic heterocycles. The Morgan fingerprint density at radius 3 is 3.04 bits per heavy atom. The molecule has 0 spiro atoms. The smallest absolute Gasteiger partial charge is 0.328 e. The third-order valence-electron chi connectivity index (χ3n) is 4.20. The van der Waals surface area contributed by atoms with Crippen molar-refractivity contribution in [2.45, 2.75) is 13.0 Å². The number of ether oxygens (including phenoxy) is 1. The number of rotatable bonds is 4. The molecule has 0 aromatic carbocycles. The lowest BCUT2D eigenvalue weighted by Gasteiger charge is -2.11. The maximum Gasteiger partial charge on any atom is 0.328 e. The molecule has 0 bridgehead atoms. The number of aromatic nitrogens is 6. The van der Waals surface area contributed by atoms with Crippen molar-refractivity contribution < 1.29 is 4.74 Å². The molecule has 9 heteroatoms. The molecule has 0 aliphatic carbocycles. The van der Waals surface area contributed by atoms with Crippen LogP contribution in [0.2, 0.25) is 0 Å². The zero-order valence-electron chi connectivity index (χ0n) is 14.2. The second kappa shape index (κ2) is 6.09. The first-order valence-electron chi connectivity index (χ1n) is 7.96. The van der Waals surface area contributed by atoms with Crippen LogP contribution in [0.25, 0.3) is 28.1 Å². The van der Waals surface area contributed by atoms with Gasteiger partial charge in [0.2, 0.25) is 0 Å². The van der Waals surface area contributed by atoms with E-state index in [0.29, 0.717) is 34.7 Å². The minimum atomic E-state index is -0.261. The summed E-state index contributed by atoms with van der Waals surface area (Å²) in [6.45, 7) is 2.27. The number of hydrogen-bond donors (Lipinski definition) is 1. The molecule has 0 radical (unpaired) electrons. The Hall–Kier alpha value is -3.51. The van der Waals surface area contributed by atoms with E-state index in [1.807, 2.05) is 6.92 Å². The molecule has 4 rings (SSSR count). The molecule has 9 nitrogen and oxygen atoms in total. The number of imidazole rings is 1. The van der Waals surface area contributed by atoms with Crippen LogP contribution in [0.1, 0.15) is 18.5 Å². The van der Waals surface area contributed by atoms with Crippen molar-refractivity contribution in [1.29, 1.82) is 5.26 Å². The van der Waals surface area contributed by atoms with Crippen LogP contribution in [0, 0.1) is 11.3 Å². The average molecular weight is 349 g/mol. The number of aromatic amines is 1. The zero-order chi connectivity index (χ0) is 18.3. The Kier molecular flexibility index (Phi) is 3.74. The SMILES string of the molecule is COCC(C)n1c(=O)[nH]c2cnc(-c3cnn4ccc(C#N)cc34)nc21. The van der Waals surface area contributed by atoms with E-state index in [2.05, 4.69) is 26.1 Å². The topological polar surface area (TPSA) is 114 Å². The molecule has 0 saturated heterocycles. The zero-order valence-corrected chi connectivity index (χ0v) is 14.2. The maximum atomic E-state index is 12.3. The van der Waals surface area contributed by atoms with Gasteiger partial charge in [0.1, 0.15) is 5.52 Å². The van der Waals surface area contributed by atoms with E-state index in [1.54, 1.807) is 46.9 Å². The van der Waals surface area contributed by atoms with Gasteiger partial charge in [0.25, 0.3) is 0 Å². The lowest BCUT2D eigenvalue weighted by atomic mass is 10.2. The summed E-state index contributed by atoms with van der Waals surface area (Å²) < 4.78 is 8.36. The van der Waals surface area contributed by atoms with Gasteiger partial charge in [-0.15, -0.1) is 0 Å². The van der Waals surface area contributed by atoms with Crippen LogP contribution in [0.4, 0.5) is 0 Å². The number of methoxy groups -OCH3 is 1. The molecule has 4 heterocycles. The highest BCUT2D eigenvalue weighted by Crippen LogP contribution is 2.23. The van der Waals surface area contributed by atoms with Gasteiger partial charge in [-0.3, -0.25) is 4.57 Å². The lowest BCUT2D eigenvalue weighted by Crippen LogP contribution is -2.23. The Labute approximate surface area is 147 Å². The van der Waals surface area contributed by atoms with Crippen molar-refractivity contribution in [3.8, 4) is 17.5 Å². The van der Waals surface area contributed by atoms with Gasteiger partial charge in [-0.1, -0.05) is 0 Å². The predicted octanol–water partition coefficient (Wildman–Crippen LogP) is 1.51. The third kappa shape index (κ3) is 2.44. The highest BCUT2D eigenvalue weighted by Gasteiger charge is 2.17. The molecule has 130 valence electrons. The van der Waals surface area contributed by atoms with Crippen LogP contribution < -0.4 is 5.69 Å². The fraction of sp³-hybridized carbons (Fsp3) is 0.235. The van der Waals surface area contributed by atoms with Crippen LogP contribution in [0.3, 0.4) is 0 Å². The van der Waals surface area contributed by atoms with Crippen molar-refractivity contribution >= 4 is 16.7 Å². The van der Waals surface area contributed by atoms with E-state index in [4.69, 9.17) is 10.00 Å². The van der Waals surface area contributed by atoms with Gasteiger partial charge in [-0.25, -0.2) is 19.3 Å². The van der Waals surface area contributed by atoms with E-state index >= 15 is 0 Å². The molecule has 1 unspecified atom stereocenters. The minimum Gasteiger partial charge on any atom is -0.383 e. The quantitative estimate of drug-likeness (QED) is 0.597. The van der Waals surface area contributed by atoms with Gasteiger partial charge in [-0.05, 0) is 19.1 Å². The first kappa shape index (κ1) is 16.0. The highest BCUT2D eigenvalue weighted by molar-refractivity contribution is 5.80. The van der Waals surface area contributed by atoms with E-state index in [-0.39, 0.29) is 11.7 Å². The molecule has 0 fully saturated rings. The van der Waals surface area contributed by atoms with E-state index < -0.39 is 0 Å². The first-order chi connectivity index (χ1) is 12.6. The molecule has 0 aliphatic heterocycles. The Bertz CT molecular complexity index is 1210. The molecule has 0 aliphatic rings. The monoisotopic (exact) mass is 349 g/mol. The van der Waals surface area contributed by atoms with E-state index in [9.17, 15) is 4.79 Å². The number of hydrogen-bond acceptors (Lipinski definition) is 6. The third-order valence-corrected chi connectivity index (χ3v) is 4.20. The fourth-order valence-electron chi connectivity index (χ4n) is 2.99. The van der Waals surface area contributed by atoms with Crippen molar-refractivity contribution in [3.05, 3.63) is 46.8 Å². The van der Waals surface area contributed by atoms with Gasteiger partial charge < -0.3 is 9.72 Å². The fourth-order valence-corrected chi connectivity index (χ4v) is 2.99. The summed E-state index contributed by atoms with van der Waals surface area (Å²) in [5.74, 6) is 0.431. The number of nitrogens with zero attached hydrogens (tertiary/aromatic N) is 6. The minimum absolute atomic E-state index is 0.182. The molecular weight excluding hydrogens is 334 g/mol. The van der Waals surface area contributed by atoms with Crippen molar-refractivity contribution in [2.75, 3.05) is 13.7 Å². The number of H-pyrrole nitrogens is 1. The largest absolute Gasteiger partial charge is 0.383 e. The second-order valence-electron chi connectivity index (χ2n) is 5.95. The maximum absolute atomic E-state index is 12.3. The van der Waals surface area contributed by atoms with E-state index in [0.717, 1.165) is 5.52 Å². The molecule has 0 amide bonds. The molecular formula is C17H15N7O2. The van der Waals surface area contributed by atoms with E-state index in [1.165, 1.54) is 0 Å². The van der Waals surface area contributed by atoms with Crippen LogP contribution in [0.15, 0.2) is 35.5 Å². The molecule has 4 aromatic rings. The molecule has 1 atom stereocenters. The van der Waals surface area contributed by atoms with Crippen LogP contribution in [-0.4, -0.2) is 42.8 Å². The predicted molar refractivity (Wildman–Crippen MR) is 93.6 cm³/mol. The summed E-state index contributed by atoms with van der Waals surface area (Å²) in [5.41, 5.74) is 2.72. The summed E-state index contributed by atoms with van der Waals surface area (Å²) in [7, 11) is 1.59. The number of nitriles is 1. The average Bonchev–Trinajstić information content (AvgIpc) is 3.20. The number of nitrogens with one attached hydrogen (secondary N) is 1. The Morgan fingerprint density at radius 2 is 2.27 bits per heavy atom. The summed E-state index contributed by atoms with van der Waals surface area (Å²) in [6.07, 6.45) is 4.93. The standard InChI is InChI=1S/C17H15N7O2/c1-10(9-26-2)24-16-13(21-17(24)25)8-19-15(22-16)12-7-20-23-4-3-11(6-18)5-14(12)23/h3-5,7-8,10H,9H2,1-2H3,(H,21,25). The second-order valence-corrected chi connectivity index (χ2v) is 5.95. The Balaban J connectivity index is 1.92. The van der Waals surface area contributed by atoms with Gasteiger partial charge >= 0.3 is 5.69 Å². The van der Waals surface area contributed by atoms with Crippen LogP contribution in [-0.2, 0) is 4.74 Å². The number of fused-ring (bicyclic) bond motifs is 2. The van der Waals surface area contributed by atoms with Crippen molar-refractivity contribution in [2.24, 2.45) is 0 Å². The highest BCUT2D eigenvalue weighted by atomic mass is 16.5. The summed E-state index contributed by atoms with van der Waals surface area (Å²) in [6, 6.07) is 5.34. The van der Waals surface area contributed by atoms with Gasteiger partial charge in [-0.2, -0.15) is 10.4 Å². The van der Waals surface area contributed by atoms with Gasteiger partial charge in [0.05, 0.1) is 47.8 Å². The van der Waals surface area contributed by atoms with Crippen molar-refractivity contribution in [3.63, 3.8) is 0 Å². The summed E-state index contributed by atoms with van der Waals surface area (Å²) >= 11 is 0.